The van der Waals surface area contributed by atoms with E-state index in [0.717, 1.165) is 0 Å². The van der Waals surface area contributed by atoms with Crippen LogP contribution in [-0.2, 0) is 9.47 Å². The molecule has 1 saturated carbocycles. The van der Waals surface area contributed by atoms with Crippen molar-refractivity contribution in [1.82, 2.24) is 0 Å². The van der Waals surface area contributed by atoms with E-state index in [9.17, 15) is 0 Å². The fourth-order valence-electron chi connectivity index (χ4n) is 1.30. The molecule has 0 aromatic carbocycles. The van der Waals surface area contributed by atoms with Crippen LogP contribution in [0.25, 0.3) is 0 Å². The molecule has 0 aromatic heterocycles. The SMILES string of the molecule is ClCC(I)C(CCl)OCCOC1CCC1. The van der Waals surface area contributed by atoms with Crippen LogP contribution in [0.15, 0.2) is 0 Å². The van der Waals surface area contributed by atoms with Gasteiger partial charge < -0.3 is 9.47 Å². The summed E-state index contributed by atoms with van der Waals surface area (Å²) in [6, 6.07) is 0. The highest BCUT2D eigenvalue weighted by atomic mass is 127. The van der Waals surface area contributed by atoms with Crippen molar-refractivity contribution in [2.24, 2.45) is 0 Å². The second-order valence-electron chi connectivity index (χ2n) is 3.66. The van der Waals surface area contributed by atoms with Crippen LogP contribution >= 0.6 is 45.8 Å². The summed E-state index contributed by atoms with van der Waals surface area (Å²) in [5.74, 6) is 1.06. The number of hydrogen-bond acceptors (Lipinski definition) is 2. The summed E-state index contributed by atoms with van der Waals surface area (Å²) in [4.78, 5) is 0. The Balaban J connectivity index is 2.00. The van der Waals surface area contributed by atoms with E-state index in [-0.39, 0.29) is 10.0 Å². The maximum atomic E-state index is 5.79. The topological polar surface area (TPSA) is 18.5 Å². The molecule has 0 bridgehead atoms. The van der Waals surface area contributed by atoms with Gasteiger partial charge in [0.05, 0.1) is 29.3 Å². The fraction of sp³-hybridized carbons (Fsp3) is 1.00. The molecule has 2 atom stereocenters. The lowest BCUT2D eigenvalue weighted by atomic mass is 9.96. The van der Waals surface area contributed by atoms with Crippen LogP contribution in [0.1, 0.15) is 19.3 Å². The monoisotopic (exact) mass is 366 g/mol. The third-order valence-electron chi connectivity index (χ3n) is 2.52. The van der Waals surface area contributed by atoms with Gasteiger partial charge in [0, 0.05) is 11.8 Å². The third-order valence-corrected chi connectivity index (χ3v) is 4.92. The molecule has 2 unspecified atom stereocenters. The fourth-order valence-corrected chi connectivity index (χ4v) is 2.56. The molecule has 0 aromatic rings. The molecule has 1 fully saturated rings. The van der Waals surface area contributed by atoms with E-state index >= 15 is 0 Å². The average Bonchev–Trinajstić information content (AvgIpc) is 2.20. The Morgan fingerprint density at radius 2 is 1.93 bits per heavy atom. The van der Waals surface area contributed by atoms with Gasteiger partial charge in [-0.2, -0.15) is 0 Å². The lowest BCUT2D eigenvalue weighted by Crippen LogP contribution is -2.30. The number of ether oxygens (including phenoxy) is 2. The maximum absolute atomic E-state index is 5.79. The van der Waals surface area contributed by atoms with Gasteiger partial charge in [-0.1, -0.05) is 22.6 Å². The second kappa shape index (κ2) is 8.34. The largest absolute Gasteiger partial charge is 0.376 e. The van der Waals surface area contributed by atoms with Crippen LogP contribution in [0, 0.1) is 0 Å². The zero-order valence-corrected chi connectivity index (χ0v) is 12.3. The summed E-state index contributed by atoms with van der Waals surface area (Å²) in [6.45, 7) is 1.29. The Morgan fingerprint density at radius 3 is 2.40 bits per heavy atom. The smallest absolute Gasteiger partial charge is 0.0840 e. The molecule has 5 heteroatoms. The first-order valence-electron chi connectivity index (χ1n) is 5.27. The van der Waals surface area contributed by atoms with Crippen molar-refractivity contribution in [2.45, 2.75) is 35.4 Å². The minimum atomic E-state index is 0.0368. The van der Waals surface area contributed by atoms with Crippen LogP contribution in [0.2, 0.25) is 0 Å². The highest BCUT2D eigenvalue weighted by molar-refractivity contribution is 14.1. The normalized spacial score (nSPS) is 21.0. The van der Waals surface area contributed by atoms with Gasteiger partial charge >= 0.3 is 0 Å². The summed E-state index contributed by atoms with van der Waals surface area (Å²) >= 11 is 13.8. The van der Waals surface area contributed by atoms with E-state index in [1.165, 1.54) is 19.3 Å². The molecule has 90 valence electrons. The van der Waals surface area contributed by atoms with Crippen LogP contribution in [0.5, 0.6) is 0 Å². The van der Waals surface area contributed by atoms with Gasteiger partial charge in [0.25, 0.3) is 0 Å². The summed E-state index contributed by atoms with van der Waals surface area (Å²) in [6.07, 6.45) is 4.23. The van der Waals surface area contributed by atoms with Crippen molar-refractivity contribution in [2.75, 3.05) is 25.0 Å². The molecule has 0 saturated heterocycles. The van der Waals surface area contributed by atoms with Gasteiger partial charge in [0.15, 0.2) is 0 Å². The van der Waals surface area contributed by atoms with Crippen molar-refractivity contribution < 1.29 is 9.47 Å². The van der Waals surface area contributed by atoms with Gasteiger partial charge in [-0.25, -0.2) is 0 Å². The van der Waals surface area contributed by atoms with Crippen molar-refractivity contribution in [3.8, 4) is 0 Å². The van der Waals surface area contributed by atoms with Crippen LogP contribution in [0.4, 0.5) is 0 Å². The Kier molecular flexibility index (Phi) is 7.95. The van der Waals surface area contributed by atoms with Crippen molar-refractivity contribution >= 4 is 45.8 Å². The summed E-state index contributed by atoms with van der Waals surface area (Å²) in [5, 5.41) is 0. The Bertz CT molecular complexity index is 168. The number of rotatable bonds is 8. The van der Waals surface area contributed by atoms with E-state index < -0.39 is 0 Å². The van der Waals surface area contributed by atoms with Crippen molar-refractivity contribution in [1.29, 1.82) is 0 Å². The number of alkyl halides is 3. The molecule has 0 spiro atoms. The minimum absolute atomic E-state index is 0.0368. The zero-order chi connectivity index (χ0) is 11.1. The molecule has 1 aliphatic rings. The van der Waals surface area contributed by atoms with E-state index in [1.807, 2.05) is 0 Å². The highest BCUT2D eigenvalue weighted by Crippen LogP contribution is 2.21. The second-order valence-corrected chi connectivity index (χ2v) is 5.87. The van der Waals surface area contributed by atoms with Crippen molar-refractivity contribution in [3.05, 3.63) is 0 Å². The molecule has 1 aliphatic carbocycles. The lowest BCUT2D eigenvalue weighted by Gasteiger charge is -2.26. The predicted octanol–water partition coefficient (Wildman–Crippen LogP) is 3.22. The third kappa shape index (κ3) is 5.39. The highest BCUT2D eigenvalue weighted by Gasteiger charge is 2.19. The molecule has 2 nitrogen and oxygen atoms in total. The summed E-state index contributed by atoms with van der Waals surface area (Å²) in [5.41, 5.74) is 0. The molecule has 1 rings (SSSR count). The Labute approximate surface area is 115 Å². The van der Waals surface area contributed by atoms with Gasteiger partial charge in [-0.15, -0.1) is 23.2 Å². The molecule has 0 radical (unpaired) electrons. The molecule has 0 N–H and O–H groups in total. The van der Waals surface area contributed by atoms with Gasteiger partial charge in [0.1, 0.15) is 0 Å². The Morgan fingerprint density at radius 1 is 1.20 bits per heavy atom. The summed E-state index contributed by atoms with van der Waals surface area (Å²) in [7, 11) is 0. The number of hydrogen-bond donors (Lipinski definition) is 0. The van der Waals surface area contributed by atoms with Gasteiger partial charge in [-0.3, -0.25) is 0 Å². The van der Waals surface area contributed by atoms with Crippen LogP contribution in [-0.4, -0.2) is 41.1 Å². The molecule has 15 heavy (non-hydrogen) atoms. The van der Waals surface area contributed by atoms with E-state index in [1.54, 1.807) is 0 Å². The first-order chi connectivity index (χ1) is 7.27. The Hall–Kier alpha value is 1.23. The molecule has 0 amide bonds. The summed E-state index contributed by atoms with van der Waals surface area (Å²) < 4.78 is 11.5. The van der Waals surface area contributed by atoms with Crippen LogP contribution in [0.3, 0.4) is 0 Å². The van der Waals surface area contributed by atoms with Gasteiger partial charge in [-0.05, 0) is 19.3 Å². The van der Waals surface area contributed by atoms with E-state index in [4.69, 9.17) is 32.7 Å². The van der Waals surface area contributed by atoms with E-state index in [0.29, 0.717) is 31.1 Å². The first-order valence-corrected chi connectivity index (χ1v) is 7.58. The number of halogens is 3. The van der Waals surface area contributed by atoms with Crippen LogP contribution < -0.4 is 0 Å². The quantitative estimate of drug-likeness (QED) is 0.373. The average molecular weight is 367 g/mol. The lowest BCUT2D eigenvalue weighted by molar-refractivity contribution is -0.0407. The molecule has 0 aliphatic heterocycles. The van der Waals surface area contributed by atoms with Crippen molar-refractivity contribution in [3.63, 3.8) is 0 Å². The van der Waals surface area contributed by atoms with Gasteiger partial charge in [0.2, 0.25) is 0 Å². The molecular weight excluding hydrogens is 350 g/mol. The standard InChI is InChI=1S/C10H17Cl2IO2/c11-6-9(13)10(7-12)15-5-4-14-8-2-1-3-8/h8-10H,1-7H2. The molecular formula is C10H17Cl2IO2. The van der Waals surface area contributed by atoms with E-state index in [2.05, 4.69) is 22.6 Å². The molecule has 0 heterocycles. The first kappa shape index (κ1) is 14.3. The zero-order valence-electron chi connectivity index (χ0n) is 8.63. The predicted molar refractivity (Wildman–Crippen MR) is 72.6 cm³/mol. The minimum Gasteiger partial charge on any atom is -0.376 e. The maximum Gasteiger partial charge on any atom is 0.0840 e.